The fourth-order valence-corrected chi connectivity index (χ4v) is 4.05. The first-order valence-electron chi connectivity index (χ1n) is 7.31. The third-order valence-corrected chi connectivity index (χ3v) is 4.97. The van der Waals surface area contributed by atoms with Crippen molar-refractivity contribution >= 4 is 66.8 Å². The van der Waals surface area contributed by atoms with Crippen molar-refractivity contribution in [1.82, 2.24) is 0 Å². The Kier molecular flexibility index (Phi) is 5.32. The summed E-state index contributed by atoms with van der Waals surface area (Å²) in [6, 6.07) is 10.8. The minimum Gasteiger partial charge on any atom is -0.495 e. The van der Waals surface area contributed by atoms with Crippen LogP contribution in [0.25, 0.3) is 6.08 Å². The highest BCUT2D eigenvalue weighted by Crippen LogP contribution is 2.35. The van der Waals surface area contributed by atoms with Gasteiger partial charge in [0.2, 0.25) is 0 Å². The molecule has 3 rings (SSSR count). The summed E-state index contributed by atoms with van der Waals surface area (Å²) in [5.74, 6) is 0.458. The first-order chi connectivity index (χ1) is 11.9. The average Bonchev–Trinajstić information content (AvgIpc) is 2.83. The summed E-state index contributed by atoms with van der Waals surface area (Å²) in [5.41, 5.74) is 2.59. The van der Waals surface area contributed by atoms with Crippen LogP contribution in [0.4, 0.5) is 5.69 Å². The van der Waals surface area contributed by atoms with E-state index in [-0.39, 0.29) is 5.91 Å². The van der Waals surface area contributed by atoms with Crippen LogP contribution in [0.15, 0.2) is 56.0 Å². The van der Waals surface area contributed by atoms with Gasteiger partial charge in [-0.15, -0.1) is 0 Å². The molecule has 1 heterocycles. The Morgan fingerprint density at radius 3 is 2.52 bits per heavy atom. The molecule has 1 aliphatic heterocycles. The number of hydrogen-bond donors (Lipinski definition) is 0. The Morgan fingerprint density at radius 2 is 1.88 bits per heavy atom. The molecule has 0 saturated carbocycles. The number of carbonyl (C=O) groups is 1. The molecule has 25 heavy (non-hydrogen) atoms. The second-order valence-corrected chi connectivity index (χ2v) is 7.55. The fraction of sp³-hybridized carbons (Fsp3) is 0.111. The van der Waals surface area contributed by atoms with Gasteiger partial charge >= 0.3 is 0 Å². The number of rotatable bonds is 3. The molecule has 1 amide bonds. The van der Waals surface area contributed by atoms with Gasteiger partial charge in [-0.1, -0.05) is 27.5 Å². The van der Waals surface area contributed by atoms with Crippen LogP contribution in [0.5, 0.6) is 5.75 Å². The number of benzene rings is 2. The van der Waals surface area contributed by atoms with Gasteiger partial charge in [-0.25, -0.2) is 0 Å². The Balaban J connectivity index is 2.02. The number of ether oxygens (including phenoxy) is 1. The zero-order valence-corrected chi connectivity index (χ0v) is 17.3. The molecule has 128 valence electrons. The van der Waals surface area contributed by atoms with Crippen LogP contribution in [-0.2, 0) is 4.79 Å². The molecule has 7 heteroatoms. The maximum atomic E-state index is 12.8. The summed E-state index contributed by atoms with van der Waals surface area (Å²) in [4.78, 5) is 12.8. The number of hydrazone groups is 1. The SMILES string of the molecule is COc1c(Br)cc(Br)cc1/C=C1/C(=O)N(c2ccc(Cl)cc2)N=C1C. The van der Waals surface area contributed by atoms with Gasteiger partial charge in [-0.2, -0.15) is 10.1 Å². The summed E-state index contributed by atoms with van der Waals surface area (Å²) in [6.45, 7) is 1.80. The molecule has 0 fully saturated rings. The summed E-state index contributed by atoms with van der Waals surface area (Å²) >= 11 is 12.8. The molecule has 0 spiro atoms. The molecule has 0 radical (unpaired) electrons. The molecule has 0 unspecified atom stereocenters. The molecule has 0 atom stereocenters. The lowest BCUT2D eigenvalue weighted by Gasteiger charge is -2.12. The number of carbonyl (C=O) groups excluding carboxylic acids is 1. The van der Waals surface area contributed by atoms with E-state index in [0.29, 0.717) is 27.7 Å². The van der Waals surface area contributed by atoms with E-state index in [4.69, 9.17) is 16.3 Å². The third kappa shape index (κ3) is 3.66. The van der Waals surface area contributed by atoms with E-state index in [9.17, 15) is 4.79 Å². The van der Waals surface area contributed by atoms with Gasteiger partial charge in [-0.05, 0) is 65.3 Å². The Morgan fingerprint density at radius 1 is 1.20 bits per heavy atom. The first-order valence-corrected chi connectivity index (χ1v) is 9.27. The van der Waals surface area contributed by atoms with Gasteiger partial charge < -0.3 is 4.74 Å². The third-order valence-electron chi connectivity index (χ3n) is 3.67. The molecular weight excluding hydrogens is 471 g/mol. The van der Waals surface area contributed by atoms with Crippen LogP contribution >= 0.6 is 43.5 Å². The molecule has 0 N–H and O–H groups in total. The largest absolute Gasteiger partial charge is 0.495 e. The predicted molar refractivity (Wildman–Crippen MR) is 108 cm³/mol. The molecule has 4 nitrogen and oxygen atoms in total. The van der Waals surface area contributed by atoms with Crippen molar-refractivity contribution < 1.29 is 9.53 Å². The molecular formula is C18H13Br2ClN2O2. The van der Waals surface area contributed by atoms with E-state index in [1.165, 1.54) is 5.01 Å². The number of anilines is 1. The van der Waals surface area contributed by atoms with E-state index in [1.54, 1.807) is 44.4 Å². The minimum absolute atomic E-state index is 0.196. The van der Waals surface area contributed by atoms with Crippen molar-refractivity contribution in [1.29, 1.82) is 0 Å². The molecule has 0 aromatic heterocycles. The number of nitrogens with zero attached hydrogens (tertiary/aromatic N) is 2. The van der Waals surface area contributed by atoms with Crippen LogP contribution in [0.2, 0.25) is 5.02 Å². The number of methoxy groups -OCH3 is 1. The second-order valence-electron chi connectivity index (χ2n) is 5.35. The maximum Gasteiger partial charge on any atom is 0.280 e. The summed E-state index contributed by atoms with van der Waals surface area (Å²) in [5, 5.41) is 6.35. The van der Waals surface area contributed by atoms with Gasteiger partial charge in [0.05, 0.1) is 28.6 Å². The zero-order chi connectivity index (χ0) is 18.1. The minimum atomic E-state index is -0.196. The highest BCUT2D eigenvalue weighted by atomic mass is 79.9. The summed E-state index contributed by atoms with van der Waals surface area (Å²) in [6.07, 6.45) is 1.78. The van der Waals surface area contributed by atoms with Crippen molar-refractivity contribution in [3.8, 4) is 5.75 Å². The van der Waals surface area contributed by atoms with Gasteiger partial charge in [0, 0.05) is 15.1 Å². The lowest BCUT2D eigenvalue weighted by atomic mass is 10.1. The monoisotopic (exact) mass is 482 g/mol. The lowest BCUT2D eigenvalue weighted by molar-refractivity contribution is -0.114. The number of amides is 1. The number of halogens is 3. The van der Waals surface area contributed by atoms with Gasteiger partial charge in [0.15, 0.2) is 0 Å². The summed E-state index contributed by atoms with van der Waals surface area (Å²) < 4.78 is 7.12. The summed E-state index contributed by atoms with van der Waals surface area (Å²) in [7, 11) is 1.59. The van der Waals surface area contributed by atoms with Crippen LogP contribution in [-0.4, -0.2) is 18.7 Å². The van der Waals surface area contributed by atoms with E-state index < -0.39 is 0 Å². The van der Waals surface area contributed by atoms with E-state index >= 15 is 0 Å². The van der Waals surface area contributed by atoms with Crippen LogP contribution in [0, 0.1) is 0 Å². The molecule has 0 bridgehead atoms. The number of hydrogen-bond acceptors (Lipinski definition) is 3. The molecule has 2 aromatic rings. The van der Waals surface area contributed by atoms with Crippen molar-refractivity contribution in [3.63, 3.8) is 0 Å². The molecule has 0 saturated heterocycles. The quantitative estimate of drug-likeness (QED) is 0.526. The van der Waals surface area contributed by atoms with Crippen LogP contribution in [0.1, 0.15) is 12.5 Å². The van der Waals surface area contributed by atoms with E-state index in [2.05, 4.69) is 37.0 Å². The fourth-order valence-electron chi connectivity index (χ4n) is 2.50. The van der Waals surface area contributed by atoms with Crippen molar-refractivity contribution in [2.75, 3.05) is 12.1 Å². The normalized spacial score (nSPS) is 15.7. The Hall–Kier alpha value is -1.63. The molecule has 2 aromatic carbocycles. The maximum absolute atomic E-state index is 12.8. The van der Waals surface area contributed by atoms with E-state index in [1.807, 2.05) is 12.1 Å². The predicted octanol–water partition coefficient (Wildman–Crippen LogP) is 5.68. The van der Waals surface area contributed by atoms with Crippen molar-refractivity contribution in [2.45, 2.75) is 6.92 Å². The average molecular weight is 485 g/mol. The smallest absolute Gasteiger partial charge is 0.280 e. The van der Waals surface area contributed by atoms with Gasteiger partial charge in [0.1, 0.15) is 5.75 Å². The van der Waals surface area contributed by atoms with E-state index in [0.717, 1.165) is 14.5 Å². The Bertz CT molecular complexity index is 908. The molecule has 0 aliphatic carbocycles. The van der Waals surface area contributed by atoms with Crippen LogP contribution in [0.3, 0.4) is 0 Å². The topological polar surface area (TPSA) is 41.9 Å². The first kappa shape index (κ1) is 18.2. The second kappa shape index (κ2) is 7.32. The van der Waals surface area contributed by atoms with Crippen molar-refractivity contribution in [3.05, 3.63) is 61.5 Å². The zero-order valence-electron chi connectivity index (χ0n) is 13.4. The highest BCUT2D eigenvalue weighted by molar-refractivity contribution is 9.11. The Labute approximate surface area is 167 Å². The van der Waals surface area contributed by atoms with Crippen LogP contribution < -0.4 is 9.75 Å². The van der Waals surface area contributed by atoms with Gasteiger partial charge in [-0.3, -0.25) is 4.79 Å². The lowest BCUT2D eigenvalue weighted by Crippen LogP contribution is -2.21. The van der Waals surface area contributed by atoms with Gasteiger partial charge in [0.25, 0.3) is 5.91 Å². The van der Waals surface area contributed by atoms with Crippen molar-refractivity contribution in [2.24, 2.45) is 5.10 Å². The standard InChI is InChI=1S/C18H13Br2ClN2O2/c1-10-15(8-11-7-12(19)9-16(20)17(11)25-2)18(24)23(22-10)14-5-3-13(21)4-6-14/h3-9H,1-2H3/b15-8+. The molecule has 1 aliphatic rings. The highest BCUT2D eigenvalue weighted by Gasteiger charge is 2.29.